The number of piperidine rings is 1. The van der Waals surface area contributed by atoms with Gasteiger partial charge in [-0.25, -0.2) is 0 Å². The first-order valence-corrected chi connectivity index (χ1v) is 10.5. The minimum atomic E-state index is 0.0152. The van der Waals surface area contributed by atoms with Gasteiger partial charge in [0.2, 0.25) is 16.7 Å². The number of aryl methyl sites for hydroxylation is 1. The molecule has 6 nitrogen and oxygen atoms in total. The Morgan fingerprint density at radius 2 is 1.89 bits per heavy atom. The molecule has 1 aliphatic rings. The highest BCUT2D eigenvalue weighted by Gasteiger charge is 2.30. The maximum absolute atomic E-state index is 11.0. The van der Waals surface area contributed by atoms with E-state index >= 15 is 0 Å². The van der Waals surface area contributed by atoms with Crippen LogP contribution in [0.15, 0.2) is 47.1 Å². The Hall–Kier alpha value is -2.64. The summed E-state index contributed by atoms with van der Waals surface area (Å²) in [6, 6.07) is 12.2. The summed E-state index contributed by atoms with van der Waals surface area (Å²) in [6.07, 6.45) is 5.24. The molecule has 4 heterocycles. The van der Waals surface area contributed by atoms with Gasteiger partial charge in [0.15, 0.2) is 5.76 Å². The van der Waals surface area contributed by atoms with Gasteiger partial charge in [-0.3, -0.25) is 4.90 Å². The molecule has 5 rings (SSSR count). The molecule has 1 saturated heterocycles. The summed E-state index contributed by atoms with van der Waals surface area (Å²) in [5, 5.41) is 15.5. The molecule has 0 amide bonds. The number of thiazole rings is 1. The fourth-order valence-electron chi connectivity index (χ4n) is 3.89. The van der Waals surface area contributed by atoms with Crippen molar-refractivity contribution in [1.82, 2.24) is 19.5 Å². The molecule has 0 aliphatic carbocycles. The Morgan fingerprint density at radius 1 is 1.11 bits per heavy atom. The minimum Gasteiger partial charge on any atom is -0.492 e. The molecule has 0 spiro atoms. The van der Waals surface area contributed by atoms with E-state index in [2.05, 4.69) is 46.2 Å². The van der Waals surface area contributed by atoms with Gasteiger partial charge in [0.05, 0.1) is 17.2 Å². The van der Waals surface area contributed by atoms with Crippen LogP contribution in [-0.2, 0) is 0 Å². The molecule has 0 radical (unpaired) electrons. The van der Waals surface area contributed by atoms with E-state index in [0.29, 0.717) is 16.5 Å². The second kappa shape index (κ2) is 7.07. The van der Waals surface area contributed by atoms with Gasteiger partial charge in [0, 0.05) is 0 Å². The Balaban J connectivity index is 1.59. The fraction of sp³-hybridized carbons (Fsp3) is 0.333. The average Bonchev–Trinajstić information content (AvgIpc) is 3.43. The van der Waals surface area contributed by atoms with Crippen LogP contribution in [0, 0.1) is 6.92 Å². The summed E-state index contributed by atoms with van der Waals surface area (Å²) >= 11 is 1.50. The molecule has 1 atom stereocenters. The van der Waals surface area contributed by atoms with Crippen LogP contribution in [0.4, 0.5) is 0 Å². The van der Waals surface area contributed by atoms with Crippen LogP contribution in [0.5, 0.6) is 5.88 Å². The van der Waals surface area contributed by atoms with Crippen LogP contribution in [0.3, 0.4) is 0 Å². The lowest BCUT2D eigenvalue weighted by Crippen LogP contribution is -2.34. The molecular weight excluding hydrogens is 372 g/mol. The predicted octanol–water partition coefficient (Wildman–Crippen LogP) is 4.64. The Morgan fingerprint density at radius 3 is 2.57 bits per heavy atom. The SMILES string of the molecule is Cc1ccc([C@H](c2sc3nc(-c4ccco4)nn3c2O)N2CCCCC2)cc1. The summed E-state index contributed by atoms with van der Waals surface area (Å²) < 4.78 is 6.92. The molecular formula is C21H22N4O2S. The number of hydrogen-bond donors (Lipinski definition) is 1. The smallest absolute Gasteiger partial charge is 0.230 e. The molecule has 0 saturated carbocycles. The topological polar surface area (TPSA) is 66.8 Å². The molecule has 1 aromatic carbocycles. The number of aromatic nitrogens is 3. The van der Waals surface area contributed by atoms with E-state index in [1.54, 1.807) is 12.3 Å². The summed E-state index contributed by atoms with van der Waals surface area (Å²) in [5.74, 6) is 1.26. The molecule has 0 unspecified atom stereocenters. The number of furan rings is 1. The van der Waals surface area contributed by atoms with Crippen LogP contribution < -0.4 is 0 Å². The van der Waals surface area contributed by atoms with E-state index in [0.717, 1.165) is 18.0 Å². The van der Waals surface area contributed by atoms with Crippen molar-refractivity contribution in [3.63, 3.8) is 0 Å². The van der Waals surface area contributed by atoms with Crippen molar-refractivity contribution in [3.05, 3.63) is 58.7 Å². The van der Waals surface area contributed by atoms with Crippen LogP contribution in [-0.4, -0.2) is 37.7 Å². The normalized spacial score (nSPS) is 16.6. The van der Waals surface area contributed by atoms with E-state index in [1.165, 1.54) is 46.2 Å². The van der Waals surface area contributed by atoms with E-state index in [9.17, 15) is 5.11 Å². The third-order valence-electron chi connectivity index (χ3n) is 5.34. The highest BCUT2D eigenvalue weighted by Crippen LogP contribution is 2.41. The lowest BCUT2D eigenvalue weighted by Gasteiger charge is -2.34. The fourth-order valence-corrected chi connectivity index (χ4v) is 5.01. The molecule has 4 aromatic rings. The first-order chi connectivity index (χ1) is 13.7. The van der Waals surface area contributed by atoms with Gasteiger partial charge >= 0.3 is 0 Å². The Kier molecular flexibility index (Phi) is 4.41. The van der Waals surface area contributed by atoms with Crippen molar-refractivity contribution in [3.8, 4) is 17.5 Å². The summed E-state index contributed by atoms with van der Waals surface area (Å²) in [7, 11) is 0. The van der Waals surface area contributed by atoms with Gasteiger partial charge in [-0.15, -0.1) is 5.10 Å². The van der Waals surface area contributed by atoms with Crippen LogP contribution in [0.25, 0.3) is 16.5 Å². The van der Waals surface area contributed by atoms with E-state index in [4.69, 9.17) is 4.42 Å². The standard InChI is InChI=1S/C21H22N4O2S/c1-14-7-9-15(10-8-14)17(24-11-3-2-4-12-24)18-20(26)25-21(28-18)22-19(23-25)16-6-5-13-27-16/h5-10,13,17,26H,2-4,11-12H2,1H3/t17-/m1/s1. The molecule has 1 N–H and O–H groups in total. The molecule has 3 aromatic heterocycles. The lowest BCUT2D eigenvalue weighted by molar-refractivity contribution is 0.186. The molecule has 1 fully saturated rings. The van der Waals surface area contributed by atoms with Gasteiger partial charge in [0.25, 0.3) is 0 Å². The lowest BCUT2D eigenvalue weighted by atomic mass is 9.99. The van der Waals surface area contributed by atoms with Crippen molar-refractivity contribution in [2.75, 3.05) is 13.1 Å². The van der Waals surface area contributed by atoms with Crippen LogP contribution in [0.2, 0.25) is 0 Å². The number of likely N-dealkylation sites (tertiary alicyclic amines) is 1. The van der Waals surface area contributed by atoms with Gasteiger partial charge in [-0.2, -0.15) is 9.50 Å². The second-order valence-electron chi connectivity index (χ2n) is 7.31. The number of aromatic hydroxyl groups is 1. The predicted molar refractivity (Wildman–Crippen MR) is 109 cm³/mol. The third kappa shape index (κ3) is 3.00. The van der Waals surface area contributed by atoms with Crippen LogP contribution in [0.1, 0.15) is 41.3 Å². The number of rotatable bonds is 4. The Bertz CT molecular complexity index is 1080. The first-order valence-electron chi connectivity index (χ1n) is 9.63. The van der Waals surface area contributed by atoms with Gasteiger partial charge in [-0.1, -0.05) is 47.6 Å². The molecule has 28 heavy (non-hydrogen) atoms. The largest absolute Gasteiger partial charge is 0.492 e. The van der Waals surface area contributed by atoms with Crippen molar-refractivity contribution in [2.24, 2.45) is 0 Å². The van der Waals surface area contributed by atoms with E-state index in [-0.39, 0.29) is 11.9 Å². The van der Waals surface area contributed by atoms with Crippen molar-refractivity contribution in [2.45, 2.75) is 32.2 Å². The summed E-state index contributed by atoms with van der Waals surface area (Å²) in [4.78, 5) is 8.60. The van der Waals surface area contributed by atoms with Crippen molar-refractivity contribution < 1.29 is 9.52 Å². The minimum absolute atomic E-state index is 0.0152. The highest BCUT2D eigenvalue weighted by atomic mass is 32.1. The maximum Gasteiger partial charge on any atom is 0.230 e. The zero-order valence-electron chi connectivity index (χ0n) is 15.7. The first kappa shape index (κ1) is 17.5. The van der Waals surface area contributed by atoms with E-state index < -0.39 is 0 Å². The maximum atomic E-state index is 11.0. The monoisotopic (exact) mass is 394 g/mol. The van der Waals surface area contributed by atoms with Crippen LogP contribution >= 0.6 is 11.3 Å². The summed E-state index contributed by atoms with van der Waals surface area (Å²) in [5.41, 5.74) is 2.43. The summed E-state index contributed by atoms with van der Waals surface area (Å²) in [6.45, 7) is 4.16. The van der Waals surface area contributed by atoms with Crippen molar-refractivity contribution in [1.29, 1.82) is 0 Å². The Labute approximate surface area is 167 Å². The zero-order chi connectivity index (χ0) is 19.1. The van der Waals surface area contributed by atoms with Crippen molar-refractivity contribution >= 4 is 16.3 Å². The number of nitrogens with zero attached hydrogens (tertiary/aromatic N) is 4. The molecule has 1 aliphatic heterocycles. The van der Waals surface area contributed by atoms with Gasteiger partial charge < -0.3 is 9.52 Å². The van der Waals surface area contributed by atoms with Gasteiger partial charge in [-0.05, 0) is 50.6 Å². The number of benzene rings is 1. The van der Waals surface area contributed by atoms with Gasteiger partial charge in [0.1, 0.15) is 0 Å². The third-order valence-corrected chi connectivity index (χ3v) is 6.41. The molecule has 0 bridgehead atoms. The molecule has 144 valence electrons. The highest BCUT2D eigenvalue weighted by molar-refractivity contribution is 7.17. The quantitative estimate of drug-likeness (QED) is 0.546. The number of fused-ring (bicyclic) bond motifs is 1. The molecule has 7 heteroatoms. The zero-order valence-corrected chi connectivity index (χ0v) is 16.5. The van der Waals surface area contributed by atoms with E-state index in [1.807, 2.05) is 6.07 Å². The average molecular weight is 395 g/mol. The second-order valence-corrected chi connectivity index (χ2v) is 8.32. The number of hydrogen-bond acceptors (Lipinski definition) is 6.